The molecule has 0 bridgehead atoms. The molecule has 0 atom stereocenters. The van der Waals surface area contributed by atoms with E-state index in [1.165, 1.54) is 9.80 Å². The molecule has 0 aliphatic heterocycles. The van der Waals surface area contributed by atoms with E-state index in [0.717, 1.165) is 31.6 Å². The zero-order chi connectivity index (χ0) is 15.8. The minimum atomic E-state index is 0.0328. The lowest BCUT2D eigenvalue weighted by atomic mass is 10.1. The molecule has 1 aromatic carbocycles. The van der Waals surface area contributed by atoms with Crippen molar-refractivity contribution in [2.24, 2.45) is 10.9 Å². The summed E-state index contributed by atoms with van der Waals surface area (Å²) in [4.78, 5) is 2.43. The van der Waals surface area contributed by atoms with Crippen LogP contribution in [0.4, 0.5) is 11.4 Å². The van der Waals surface area contributed by atoms with Gasteiger partial charge >= 0.3 is 0 Å². The number of benzene rings is 1. The average molecular weight is 285 g/mol. The topological polar surface area (TPSA) is 164 Å². The lowest BCUT2D eigenvalue weighted by molar-refractivity contribution is 1.27. The van der Waals surface area contributed by atoms with Crippen LogP contribution in [0.5, 0.6) is 0 Å². The normalized spacial score (nSPS) is 9.90. The summed E-state index contributed by atoms with van der Waals surface area (Å²) in [5, 5.41) is 40.2. The number of nitrogens with one attached hydrogen (secondary N) is 5. The van der Waals surface area contributed by atoms with Gasteiger partial charge < -0.3 is 5.84 Å². The van der Waals surface area contributed by atoms with Crippen LogP contribution >= 0.6 is 0 Å². The van der Waals surface area contributed by atoms with Crippen LogP contribution in [-0.4, -0.2) is 37.3 Å². The SMILES string of the molecule is N=CN(C=N)c1cc(C(=N)/C=N\N)cc(N(C=N)C=N)c1. The number of anilines is 2. The van der Waals surface area contributed by atoms with E-state index in [2.05, 4.69) is 5.10 Å². The second-order valence-corrected chi connectivity index (χ2v) is 3.76. The van der Waals surface area contributed by atoms with Gasteiger partial charge in [0.1, 0.15) is 0 Å². The molecule has 0 aliphatic rings. The van der Waals surface area contributed by atoms with Gasteiger partial charge in [0.25, 0.3) is 0 Å². The number of hydrogen-bond donors (Lipinski definition) is 6. The number of hydrazone groups is 1. The molecule has 0 heterocycles. The molecule has 0 fully saturated rings. The van der Waals surface area contributed by atoms with Crippen LogP contribution < -0.4 is 15.6 Å². The van der Waals surface area contributed by atoms with E-state index in [9.17, 15) is 0 Å². The molecule has 0 saturated carbocycles. The first-order chi connectivity index (χ1) is 10.1. The summed E-state index contributed by atoms with van der Waals surface area (Å²) in [6.07, 6.45) is 4.91. The smallest absolute Gasteiger partial charge is 0.0915 e. The Morgan fingerprint density at radius 2 is 1.33 bits per heavy atom. The van der Waals surface area contributed by atoms with Crippen molar-refractivity contribution in [3.8, 4) is 0 Å². The van der Waals surface area contributed by atoms with E-state index in [4.69, 9.17) is 32.9 Å². The molecular formula is C12H15N9. The lowest BCUT2D eigenvalue weighted by Crippen LogP contribution is -2.21. The standard InChI is InChI=1S/C12H15N9/c13-5-20(6-14)10-1-9(12(17)4-19-18)2-11(3-10)21(7-15)8-16/h1-8,13-17H,18H2/b13-5?,14-6?,15-7?,16-8?,17-12?,19-4-. The molecule has 9 nitrogen and oxygen atoms in total. The molecule has 0 spiro atoms. The van der Waals surface area contributed by atoms with Gasteiger partial charge in [-0.2, -0.15) is 5.10 Å². The Morgan fingerprint density at radius 3 is 1.67 bits per heavy atom. The van der Waals surface area contributed by atoms with Crippen molar-refractivity contribution >= 4 is 48.7 Å². The minimum Gasteiger partial charge on any atom is -0.323 e. The summed E-state index contributed by atoms with van der Waals surface area (Å²) in [5.74, 6) is 5.03. The van der Waals surface area contributed by atoms with Gasteiger partial charge in [-0.05, 0) is 18.2 Å². The monoisotopic (exact) mass is 285 g/mol. The molecular weight excluding hydrogens is 270 g/mol. The third-order valence-electron chi connectivity index (χ3n) is 2.57. The first kappa shape index (κ1) is 15.7. The Kier molecular flexibility index (Phi) is 5.44. The molecule has 0 aromatic heterocycles. The molecule has 7 N–H and O–H groups in total. The van der Waals surface area contributed by atoms with Crippen molar-refractivity contribution in [2.75, 3.05) is 9.80 Å². The van der Waals surface area contributed by atoms with Crippen molar-refractivity contribution in [2.45, 2.75) is 0 Å². The second kappa shape index (κ2) is 7.28. The van der Waals surface area contributed by atoms with E-state index >= 15 is 0 Å². The van der Waals surface area contributed by atoms with Gasteiger partial charge in [0.15, 0.2) is 0 Å². The maximum atomic E-state index is 7.84. The summed E-state index contributed by atoms with van der Waals surface area (Å²) < 4.78 is 0. The molecule has 0 amide bonds. The number of nitrogens with two attached hydrogens (primary N) is 1. The van der Waals surface area contributed by atoms with Gasteiger partial charge in [-0.3, -0.25) is 36.8 Å². The maximum absolute atomic E-state index is 7.84. The summed E-state index contributed by atoms with van der Waals surface area (Å²) >= 11 is 0. The molecule has 21 heavy (non-hydrogen) atoms. The summed E-state index contributed by atoms with van der Waals surface area (Å²) in [6, 6.07) is 4.74. The van der Waals surface area contributed by atoms with Crippen molar-refractivity contribution in [3.05, 3.63) is 23.8 Å². The van der Waals surface area contributed by atoms with Crippen LogP contribution in [0.15, 0.2) is 23.3 Å². The van der Waals surface area contributed by atoms with Crippen molar-refractivity contribution in [1.29, 1.82) is 27.0 Å². The van der Waals surface area contributed by atoms with Crippen molar-refractivity contribution in [3.63, 3.8) is 0 Å². The zero-order valence-corrected chi connectivity index (χ0v) is 11.0. The fourth-order valence-corrected chi connectivity index (χ4v) is 1.57. The number of hydrogen-bond acceptors (Lipinski definition) is 7. The van der Waals surface area contributed by atoms with Crippen LogP contribution in [0.25, 0.3) is 0 Å². The highest BCUT2D eigenvalue weighted by Crippen LogP contribution is 2.23. The third kappa shape index (κ3) is 3.56. The van der Waals surface area contributed by atoms with Crippen LogP contribution in [0, 0.1) is 27.0 Å². The Labute approximate surface area is 121 Å². The Morgan fingerprint density at radius 1 is 0.905 bits per heavy atom. The Hall–Kier alpha value is -3.36. The van der Waals surface area contributed by atoms with Crippen LogP contribution in [-0.2, 0) is 0 Å². The summed E-state index contributed by atoms with van der Waals surface area (Å²) in [5.41, 5.74) is 1.34. The van der Waals surface area contributed by atoms with Gasteiger partial charge in [0, 0.05) is 5.56 Å². The second-order valence-electron chi connectivity index (χ2n) is 3.76. The summed E-state index contributed by atoms with van der Waals surface area (Å²) in [7, 11) is 0. The predicted octanol–water partition coefficient (Wildman–Crippen LogP) is 1.04. The van der Waals surface area contributed by atoms with Gasteiger partial charge in [0.05, 0.1) is 48.7 Å². The third-order valence-corrected chi connectivity index (χ3v) is 2.57. The first-order valence-corrected chi connectivity index (χ1v) is 5.67. The van der Waals surface area contributed by atoms with E-state index in [-0.39, 0.29) is 5.71 Å². The number of nitrogens with zero attached hydrogens (tertiary/aromatic N) is 3. The fraction of sp³-hybridized carbons (Fsp3) is 0. The van der Waals surface area contributed by atoms with Crippen LogP contribution in [0.2, 0.25) is 0 Å². The van der Waals surface area contributed by atoms with Gasteiger partial charge in [-0.25, -0.2) is 0 Å². The molecule has 9 heteroatoms. The molecule has 0 radical (unpaired) electrons. The molecule has 0 aliphatic carbocycles. The van der Waals surface area contributed by atoms with E-state index in [1.54, 1.807) is 18.2 Å². The van der Waals surface area contributed by atoms with E-state index in [1.807, 2.05) is 0 Å². The highest BCUT2D eigenvalue weighted by atomic mass is 15.2. The molecule has 108 valence electrons. The van der Waals surface area contributed by atoms with Gasteiger partial charge in [0.2, 0.25) is 0 Å². The number of rotatable bonds is 8. The van der Waals surface area contributed by atoms with Gasteiger partial charge in [-0.1, -0.05) is 0 Å². The first-order valence-electron chi connectivity index (χ1n) is 5.67. The lowest BCUT2D eigenvalue weighted by Gasteiger charge is -2.19. The average Bonchev–Trinajstić information content (AvgIpc) is 2.50. The zero-order valence-electron chi connectivity index (χ0n) is 11.0. The molecule has 1 rings (SSSR count). The fourth-order valence-electron chi connectivity index (χ4n) is 1.57. The Balaban J connectivity index is 3.47. The largest absolute Gasteiger partial charge is 0.323 e. The highest BCUT2D eigenvalue weighted by molar-refractivity contribution is 6.37. The van der Waals surface area contributed by atoms with Crippen LogP contribution in [0.3, 0.4) is 0 Å². The maximum Gasteiger partial charge on any atom is 0.0915 e. The molecule has 0 unspecified atom stereocenters. The van der Waals surface area contributed by atoms with E-state index < -0.39 is 0 Å². The summed E-state index contributed by atoms with van der Waals surface area (Å²) in [6.45, 7) is 0. The highest BCUT2D eigenvalue weighted by Gasteiger charge is 2.10. The van der Waals surface area contributed by atoms with Crippen molar-refractivity contribution < 1.29 is 0 Å². The quantitative estimate of drug-likeness (QED) is 0.182. The van der Waals surface area contributed by atoms with E-state index in [0.29, 0.717) is 16.9 Å². The minimum absolute atomic E-state index is 0.0328. The molecule has 0 saturated heterocycles. The Bertz CT molecular complexity index is 550. The van der Waals surface area contributed by atoms with Crippen molar-refractivity contribution in [1.82, 2.24) is 0 Å². The van der Waals surface area contributed by atoms with Crippen LogP contribution in [0.1, 0.15) is 5.56 Å². The molecule has 1 aromatic rings. The predicted molar refractivity (Wildman–Crippen MR) is 86.0 cm³/mol. The van der Waals surface area contributed by atoms with Gasteiger partial charge in [-0.15, -0.1) is 0 Å².